The third-order valence-corrected chi connectivity index (χ3v) is 2.51. The van der Waals surface area contributed by atoms with Crippen LogP contribution in [-0.2, 0) is 4.74 Å². The molecule has 0 saturated carbocycles. The van der Waals surface area contributed by atoms with E-state index in [0.29, 0.717) is 19.1 Å². The van der Waals surface area contributed by atoms with Gasteiger partial charge in [-0.1, -0.05) is 13.8 Å². The van der Waals surface area contributed by atoms with Crippen LogP contribution in [0.5, 0.6) is 0 Å². The number of nitrogens with one attached hydrogen (secondary N) is 3. The molecular formula is C14H31IN4O2. The van der Waals surface area contributed by atoms with E-state index in [1.807, 2.05) is 13.8 Å². The molecule has 0 heterocycles. The molecule has 21 heavy (non-hydrogen) atoms. The maximum absolute atomic E-state index is 11.5. The number of carbonyl (C=O) groups is 1. The van der Waals surface area contributed by atoms with E-state index in [-0.39, 0.29) is 36.1 Å². The van der Waals surface area contributed by atoms with Gasteiger partial charge in [0.1, 0.15) is 0 Å². The van der Waals surface area contributed by atoms with Crippen molar-refractivity contribution in [3.8, 4) is 0 Å². The molecule has 0 aromatic carbocycles. The highest BCUT2D eigenvalue weighted by atomic mass is 127. The van der Waals surface area contributed by atoms with Crippen LogP contribution in [0.4, 0.5) is 4.79 Å². The molecule has 0 aromatic rings. The summed E-state index contributed by atoms with van der Waals surface area (Å²) in [5.41, 5.74) is 0. The molecule has 1 atom stereocenters. The van der Waals surface area contributed by atoms with Gasteiger partial charge in [-0.3, -0.25) is 4.99 Å². The Morgan fingerprint density at radius 1 is 1.14 bits per heavy atom. The third kappa shape index (κ3) is 12.7. The summed E-state index contributed by atoms with van der Waals surface area (Å²) in [4.78, 5) is 16.0. The quantitative estimate of drug-likeness (QED) is 0.324. The highest BCUT2D eigenvalue weighted by Gasteiger charge is 2.14. The Morgan fingerprint density at radius 2 is 1.71 bits per heavy atom. The van der Waals surface area contributed by atoms with Crippen LogP contribution in [0.3, 0.4) is 0 Å². The first-order chi connectivity index (χ1) is 9.53. The van der Waals surface area contributed by atoms with Crippen LogP contribution < -0.4 is 16.0 Å². The minimum Gasteiger partial charge on any atom is -0.450 e. The van der Waals surface area contributed by atoms with Gasteiger partial charge in [-0.2, -0.15) is 0 Å². The van der Waals surface area contributed by atoms with Gasteiger partial charge in [0, 0.05) is 13.1 Å². The van der Waals surface area contributed by atoms with Crippen molar-refractivity contribution in [1.29, 1.82) is 0 Å². The number of ether oxygens (including phenoxy) is 1. The second-order valence-electron chi connectivity index (χ2n) is 4.94. The van der Waals surface area contributed by atoms with Gasteiger partial charge >= 0.3 is 6.09 Å². The molecule has 7 heteroatoms. The maximum Gasteiger partial charge on any atom is 0.407 e. The average molecular weight is 414 g/mol. The highest BCUT2D eigenvalue weighted by molar-refractivity contribution is 14.0. The van der Waals surface area contributed by atoms with Crippen molar-refractivity contribution in [3.63, 3.8) is 0 Å². The summed E-state index contributed by atoms with van der Waals surface area (Å²) in [6.45, 7) is 12.6. The molecule has 0 aliphatic heterocycles. The maximum atomic E-state index is 11.5. The van der Waals surface area contributed by atoms with Gasteiger partial charge in [0.05, 0.1) is 19.2 Å². The Kier molecular flexibility index (Phi) is 15.3. The van der Waals surface area contributed by atoms with E-state index in [4.69, 9.17) is 4.74 Å². The molecule has 1 unspecified atom stereocenters. The van der Waals surface area contributed by atoms with Crippen molar-refractivity contribution in [2.75, 3.05) is 26.2 Å². The van der Waals surface area contributed by atoms with Gasteiger partial charge < -0.3 is 20.7 Å². The Bertz CT molecular complexity index is 291. The summed E-state index contributed by atoms with van der Waals surface area (Å²) in [6, 6.07) is -0.0126. The van der Waals surface area contributed by atoms with Crippen molar-refractivity contribution in [3.05, 3.63) is 0 Å². The van der Waals surface area contributed by atoms with Gasteiger partial charge in [0.15, 0.2) is 5.96 Å². The number of alkyl carbamates (subject to hydrolysis) is 1. The van der Waals surface area contributed by atoms with E-state index in [1.54, 1.807) is 6.92 Å². The molecule has 126 valence electrons. The van der Waals surface area contributed by atoms with Crippen LogP contribution in [0.1, 0.15) is 41.0 Å². The molecule has 0 aliphatic rings. The van der Waals surface area contributed by atoms with Crippen LogP contribution >= 0.6 is 24.0 Å². The molecule has 0 bridgehead atoms. The van der Waals surface area contributed by atoms with Crippen LogP contribution in [-0.4, -0.2) is 44.3 Å². The van der Waals surface area contributed by atoms with Crippen molar-refractivity contribution >= 4 is 36.0 Å². The molecule has 0 aromatic heterocycles. The first-order valence-electron chi connectivity index (χ1n) is 7.48. The van der Waals surface area contributed by atoms with E-state index in [1.165, 1.54) is 0 Å². The lowest BCUT2D eigenvalue weighted by atomic mass is 10.0. The molecule has 0 fully saturated rings. The third-order valence-electron chi connectivity index (χ3n) is 2.51. The fourth-order valence-corrected chi connectivity index (χ4v) is 1.80. The Balaban J connectivity index is 0. The summed E-state index contributed by atoms with van der Waals surface area (Å²) in [5, 5.41) is 9.20. The summed E-state index contributed by atoms with van der Waals surface area (Å²) >= 11 is 0. The minimum absolute atomic E-state index is 0. The van der Waals surface area contributed by atoms with Gasteiger partial charge in [-0.05, 0) is 33.1 Å². The second-order valence-corrected chi connectivity index (χ2v) is 4.94. The number of carbonyl (C=O) groups excluding carboxylic acids is 1. The SMILES string of the molecule is CCNC(=NCC(CC(C)C)NC(=O)OCC)NCC.I. The first-order valence-corrected chi connectivity index (χ1v) is 7.48. The summed E-state index contributed by atoms with van der Waals surface area (Å²) in [7, 11) is 0. The number of amides is 1. The zero-order valence-corrected chi connectivity index (χ0v) is 16.2. The number of hydrogen-bond acceptors (Lipinski definition) is 3. The van der Waals surface area contributed by atoms with E-state index in [0.717, 1.165) is 25.5 Å². The minimum atomic E-state index is -0.373. The molecule has 0 aliphatic carbocycles. The number of nitrogens with zero attached hydrogens (tertiary/aromatic N) is 1. The lowest BCUT2D eigenvalue weighted by Gasteiger charge is -2.19. The Labute approximate surface area is 145 Å². The summed E-state index contributed by atoms with van der Waals surface area (Å²) in [6.07, 6.45) is 0.496. The fourth-order valence-electron chi connectivity index (χ4n) is 1.80. The predicted molar refractivity (Wildman–Crippen MR) is 98.5 cm³/mol. The monoisotopic (exact) mass is 414 g/mol. The van der Waals surface area contributed by atoms with Gasteiger partial charge in [0.2, 0.25) is 0 Å². The topological polar surface area (TPSA) is 74.8 Å². The number of rotatable bonds is 8. The zero-order valence-electron chi connectivity index (χ0n) is 13.9. The molecule has 0 spiro atoms. The summed E-state index contributed by atoms with van der Waals surface area (Å²) in [5.74, 6) is 1.26. The molecule has 0 radical (unpaired) electrons. The van der Waals surface area contributed by atoms with Crippen LogP contribution in [0, 0.1) is 5.92 Å². The Hall–Kier alpha value is -0.730. The van der Waals surface area contributed by atoms with Crippen LogP contribution in [0.2, 0.25) is 0 Å². The van der Waals surface area contributed by atoms with Gasteiger partial charge in [-0.25, -0.2) is 4.79 Å². The molecule has 1 amide bonds. The second kappa shape index (κ2) is 14.2. The molecular weight excluding hydrogens is 383 g/mol. The smallest absolute Gasteiger partial charge is 0.407 e. The predicted octanol–water partition coefficient (Wildman–Crippen LogP) is 2.34. The van der Waals surface area contributed by atoms with Crippen molar-refractivity contribution < 1.29 is 9.53 Å². The zero-order chi connectivity index (χ0) is 15.4. The number of aliphatic imine (C=N–C) groups is 1. The van der Waals surface area contributed by atoms with Crippen LogP contribution in [0.15, 0.2) is 4.99 Å². The van der Waals surface area contributed by atoms with Crippen molar-refractivity contribution in [1.82, 2.24) is 16.0 Å². The fraction of sp³-hybridized carbons (Fsp3) is 0.857. The van der Waals surface area contributed by atoms with Crippen molar-refractivity contribution in [2.24, 2.45) is 10.9 Å². The largest absolute Gasteiger partial charge is 0.450 e. The van der Waals surface area contributed by atoms with Gasteiger partial charge in [-0.15, -0.1) is 24.0 Å². The molecule has 3 N–H and O–H groups in total. The standard InChI is InChI=1S/C14H30N4O2.HI/c1-6-15-13(16-7-2)17-10-12(9-11(4)5)18-14(19)20-8-3;/h11-12H,6-10H2,1-5H3,(H,18,19)(H2,15,16,17);1H. The van der Waals surface area contributed by atoms with E-state index in [2.05, 4.69) is 34.8 Å². The van der Waals surface area contributed by atoms with Crippen molar-refractivity contribution in [2.45, 2.75) is 47.1 Å². The van der Waals surface area contributed by atoms with E-state index < -0.39 is 0 Å². The molecule has 6 nitrogen and oxygen atoms in total. The normalized spacial score (nSPS) is 11.1. The summed E-state index contributed by atoms with van der Waals surface area (Å²) < 4.78 is 4.93. The average Bonchev–Trinajstić information content (AvgIpc) is 2.35. The highest BCUT2D eigenvalue weighted by Crippen LogP contribution is 2.05. The van der Waals surface area contributed by atoms with E-state index >= 15 is 0 Å². The number of halogens is 1. The number of guanidine groups is 1. The van der Waals surface area contributed by atoms with Gasteiger partial charge in [0.25, 0.3) is 0 Å². The lowest BCUT2D eigenvalue weighted by Crippen LogP contribution is -2.41. The van der Waals surface area contributed by atoms with E-state index in [9.17, 15) is 4.79 Å². The van der Waals surface area contributed by atoms with Crippen LogP contribution in [0.25, 0.3) is 0 Å². The lowest BCUT2D eigenvalue weighted by molar-refractivity contribution is 0.147. The number of hydrogen-bond donors (Lipinski definition) is 3. The molecule has 0 saturated heterocycles. The molecule has 0 rings (SSSR count). The Morgan fingerprint density at radius 3 is 2.14 bits per heavy atom. The first kappa shape index (κ1) is 22.5.